The van der Waals surface area contributed by atoms with Crippen LogP contribution in [0.15, 0.2) is 24.2 Å². The highest BCUT2D eigenvalue weighted by Gasteiger charge is 2.50. The number of ether oxygens (including phenoxy) is 3. The Morgan fingerprint density at radius 1 is 1.13 bits per heavy atom. The molecule has 5 aromatic rings. The zero-order chi connectivity index (χ0) is 44.1. The summed E-state index contributed by atoms with van der Waals surface area (Å²) in [6.07, 6.45) is 10.9. The van der Waals surface area contributed by atoms with Crippen molar-refractivity contribution < 1.29 is 28.1 Å². The van der Waals surface area contributed by atoms with E-state index in [1.54, 1.807) is 6.92 Å². The van der Waals surface area contributed by atoms with Crippen molar-refractivity contribution in [3.05, 3.63) is 34.8 Å². The van der Waals surface area contributed by atoms with E-state index in [9.17, 15) is 9.50 Å². The number of anilines is 1. The summed E-state index contributed by atoms with van der Waals surface area (Å²) in [4.78, 5) is 18.3. The van der Waals surface area contributed by atoms with Crippen LogP contribution in [-0.4, -0.2) is 123 Å². The van der Waals surface area contributed by atoms with Gasteiger partial charge >= 0.3 is 6.01 Å². The zero-order valence-corrected chi connectivity index (χ0v) is 39.7. The second kappa shape index (κ2) is 15.8. The summed E-state index contributed by atoms with van der Waals surface area (Å²) < 4.78 is 43.3. The number of hydrogen-bond donors (Lipinski definition) is 2. The van der Waals surface area contributed by atoms with E-state index in [2.05, 4.69) is 54.7 Å². The Balaban J connectivity index is 1.13. The third-order valence-electron chi connectivity index (χ3n) is 15.2. The molecule has 0 spiro atoms. The molecule has 0 amide bonds. The van der Waals surface area contributed by atoms with Crippen LogP contribution in [0.4, 0.5) is 10.2 Å². The molecule has 0 radical (unpaired) electrons. The predicted molar refractivity (Wildman–Crippen MR) is 246 cm³/mol. The molecule has 1 saturated carbocycles. The van der Waals surface area contributed by atoms with Crippen LogP contribution in [-0.2, 0) is 26.4 Å². The largest absolute Gasteiger partial charge is 0.461 e. The first-order valence-corrected chi connectivity index (χ1v) is 26.2. The minimum absolute atomic E-state index is 0.0997. The molecule has 17 heteroatoms. The third kappa shape index (κ3) is 7.58. The molecule has 0 bridgehead atoms. The summed E-state index contributed by atoms with van der Waals surface area (Å²) in [5.41, 5.74) is 5.09. The van der Waals surface area contributed by atoms with Gasteiger partial charge in [0.15, 0.2) is 14.5 Å². The van der Waals surface area contributed by atoms with Gasteiger partial charge < -0.3 is 33.6 Å². The van der Waals surface area contributed by atoms with Crippen molar-refractivity contribution >= 4 is 58.7 Å². The van der Waals surface area contributed by atoms with Gasteiger partial charge in [-0.25, -0.2) is 9.07 Å². The van der Waals surface area contributed by atoms with Crippen LogP contribution in [0.5, 0.6) is 6.01 Å². The van der Waals surface area contributed by atoms with Crippen LogP contribution in [0, 0.1) is 0 Å². The molecule has 8 heterocycles. The molecule has 4 aromatic heterocycles. The summed E-state index contributed by atoms with van der Waals surface area (Å²) in [6, 6.07) is 2.31. The van der Waals surface area contributed by atoms with E-state index in [0.29, 0.717) is 69.0 Å². The van der Waals surface area contributed by atoms with Crippen molar-refractivity contribution in [2.75, 3.05) is 64.1 Å². The van der Waals surface area contributed by atoms with Gasteiger partial charge in [-0.3, -0.25) is 9.58 Å². The van der Waals surface area contributed by atoms with E-state index in [0.717, 1.165) is 114 Å². The molecule has 4 aliphatic heterocycles. The summed E-state index contributed by atoms with van der Waals surface area (Å²) in [6.45, 7) is 17.9. The van der Waals surface area contributed by atoms with E-state index >= 15 is 0 Å². The van der Waals surface area contributed by atoms with E-state index in [-0.39, 0.29) is 34.8 Å². The maximum Gasteiger partial charge on any atom is 0.320 e. The Bertz CT molecular complexity index is 2590. The minimum atomic E-state index is -1.99. The molecular weight excluding hydrogens is 841 g/mol. The molecular formula is C46H63ClFN9O5Si. The van der Waals surface area contributed by atoms with Gasteiger partial charge in [0, 0.05) is 49.3 Å². The molecule has 10 rings (SSSR count). The molecule has 2 N–H and O–H groups in total. The summed E-state index contributed by atoms with van der Waals surface area (Å²) in [5.74, 6) is 0.623. The van der Waals surface area contributed by atoms with Crippen molar-refractivity contribution in [3.8, 4) is 17.3 Å². The topological polar surface area (TPSA) is 141 Å². The van der Waals surface area contributed by atoms with Gasteiger partial charge in [0.05, 0.1) is 59.8 Å². The molecule has 3 atom stereocenters. The van der Waals surface area contributed by atoms with Crippen molar-refractivity contribution in [2.45, 2.75) is 126 Å². The lowest BCUT2D eigenvalue weighted by Crippen LogP contribution is -2.43. The Morgan fingerprint density at radius 3 is 2.70 bits per heavy atom. The maximum absolute atomic E-state index is 13.8. The molecule has 5 fully saturated rings. The van der Waals surface area contributed by atoms with Crippen molar-refractivity contribution in [2.24, 2.45) is 7.05 Å². The number of aliphatic hydroxyl groups is 1. The number of benzene rings is 1. The van der Waals surface area contributed by atoms with Gasteiger partial charge in [0.2, 0.25) is 0 Å². The summed E-state index contributed by atoms with van der Waals surface area (Å²) in [7, 11) is -0.0366. The van der Waals surface area contributed by atoms with Gasteiger partial charge in [-0.2, -0.15) is 20.2 Å². The molecule has 4 saturated heterocycles. The average molecular weight is 905 g/mol. The van der Waals surface area contributed by atoms with Gasteiger partial charge in [0.25, 0.3) is 0 Å². The molecule has 1 aromatic carbocycles. The first kappa shape index (κ1) is 43.3. The number of H-pyrrole nitrogens is 1. The number of halogens is 2. The smallest absolute Gasteiger partial charge is 0.320 e. The number of aromatic amines is 1. The Hall–Kier alpha value is -3.64. The molecule has 1 aliphatic carbocycles. The maximum atomic E-state index is 13.8. The SMILES string of the molecule is Cn1nc(-c2c(C3(CCO[Si](C)(C)C(C)(C)C)CC3)c(Cl)cc3c2cnn3C2CCCCO2)c2[nH]c3nc(OC[C@@]45CCCN4C/C(=C\F)C5)nc(N4CCOC[C@@](C)(O)C4)c3c21. The Morgan fingerprint density at radius 2 is 1.95 bits per heavy atom. The van der Waals surface area contributed by atoms with Gasteiger partial charge in [0.1, 0.15) is 29.4 Å². The van der Waals surface area contributed by atoms with Crippen LogP contribution in [0.25, 0.3) is 44.2 Å². The monoisotopic (exact) mass is 903 g/mol. The zero-order valence-electron chi connectivity index (χ0n) is 38.0. The lowest BCUT2D eigenvalue weighted by Gasteiger charge is -2.36. The number of nitrogens with one attached hydrogen (secondary N) is 1. The lowest BCUT2D eigenvalue weighted by molar-refractivity contribution is -0.0366. The van der Waals surface area contributed by atoms with Gasteiger partial charge in [-0.05, 0) is 112 Å². The first-order chi connectivity index (χ1) is 30.0. The van der Waals surface area contributed by atoms with Crippen LogP contribution < -0.4 is 9.64 Å². The molecule has 340 valence electrons. The van der Waals surface area contributed by atoms with Crippen molar-refractivity contribution in [3.63, 3.8) is 0 Å². The van der Waals surface area contributed by atoms with Crippen LogP contribution in [0.3, 0.4) is 0 Å². The molecule has 63 heavy (non-hydrogen) atoms. The van der Waals surface area contributed by atoms with Crippen molar-refractivity contribution in [1.29, 1.82) is 0 Å². The molecule has 1 unspecified atom stereocenters. The minimum Gasteiger partial charge on any atom is -0.461 e. The number of aromatic nitrogens is 7. The Labute approximate surface area is 374 Å². The lowest BCUT2D eigenvalue weighted by atomic mass is 9.85. The van der Waals surface area contributed by atoms with Crippen molar-refractivity contribution in [1.82, 2.24) is 39.4 Å². The summed E-state index contributed by atoms with van der Waals surface area (Å²) in [5, 5.41) is 24.3. The standard InChI is InChI=1S/C46H63ClFN9O5Si/c1-43(2,3)63(6,7)62-19-15-45(13-14-45)36-31(47)21-32-30(24-49-57(32)33-11-8-9-18-60-33)34(36)37-38-39(54(5)53-37)35-40(50-38)51-42(52-41(35)55-17-20-59-27-44(4,58)26-55)61-28-46-12-10-16-56(46)25-29(22-46)23-48/h21,23-24,33,58H,8-20,22,25-28H2,1-7H3,(H,50,51,52)/b29-23-/t33?,44-,46-/m0/s1. The fraction of sp³-hybridized carbons (Fsp3) is 0.652. The Kier molecular flexibility index (Phi) is 10.8. The number of fused-ring (bicyclic) bond motifs is 5. The second-order valence-electron chi connectivity index (χ2n) is 20.9. The van der Waals surface area contributed by atoms with E-state index in [4.69, 9.17) is 50.4 Å². The average Bonchev–Trinajstić information content (AvgIpc) is 3.56. The number of β-amino-alcohol motifs (C(OH)–C–C–N with tert-alkyl or cyclic N) is 1. The van der Waals surface area contributed by atoms with Crippen LogP contribution in [0.1, 0.15) is 97.3 Å². The number of rotatable bonds is 11. The third-order valence-corrected chi connectivity index (χ3v) is 20.1. The number of hydrogen-bond acceptors (Lipinski definition) is 11. The molecule has 14 nitrogen and oxygen atoms in total. The second-order valence-corrected chi connectivity index (χ2v) is 26.1. The quantitative estimate of drug-likeness (QED) is 0.123. The highest BCUT2D eigenvalue weighted by molar-refractivity contribution is 6.74. The highest BCUT2D eigenvalue weighted by Crippen LogP contribution is 2.58. The van der Waals surface area contributed by atoms with E-state index in [1.165, 1.54) is 0 Å². The van der Waals surface area contributed by atoms with Crippen LogP contribution >= 0.6 is 11.6 Å². The predicted octanol–water partition coefficient (Wildman–Crippen LogP) is 8.72. The number of nitrogens with zero attached hydrogens (tertiary/aromatic N) is 8. The van der Waals surface area contributed by atoms with Gasteiger partial charge in [-0.15, -0.1) is 0 Å². The fourth-order valence-electron chi connectivity index (χ4n) is 10.6. The normalized spacial score (nSPS) is 26.4. The molecule has 5 aliphatic rings. The van der Waals surface area contributed by atoms with Crippen LogP contribution in [0.2, 0.25) is 23.2 Å². The van der Waals surface area contributed by atoms with E-state index in [1.807, 2.05) is 22.6 Å². The highest BCUT2D eigenvalue weighted by atomic mass is 35.5. The van der Waals surface area contributed by atoms with Gasteiger partial charge in [-0.1, -0.05) is 32.4 Å². The first-order valence-electron chi connectivity index (χ1n) is 23.0. The number of aryl methyl sites for hydroxylation is 1. The summed E-state index contributed by atoms with van der Waals surface area (Å²) >= 11 is 7.60. The fourth-order valence-corrected chi connectivity index (χ4v) is 12.1. The van der Waals surface area contributed by atoms with E-state index < -0.39 is 13.9 Å².